The molecule has 0 radical (unpaired) electrons. The summed E-state index contributed by atoms with van der Waals surface area (Å²) in [5, 5.41) is 9.76. The summed E-state index contributed by atoms with van der Waals surface area (Å²) in [6, 6.07) is 4.73. The Hall–Kier alpha value is -2.15. The molecule has 0 aliphatic rings. The number of carbonyl (C=O) groups is 2. The summed E-state index contributed by atoms with van der Waals surface area (Å²) in [7, 11) is 2.59. The fourth-order valence-corrected chi connectivity index (χ4v) is 2.30. The minimum absolute atomic E-state index is 0.0113. The number of carbonyl (C=O) groups excluding carboxylic acids is 1. The number of methoxy groups -OCH3 is 2. The molecular formula is C13H10BrNO5. The lowest BCUT2D eigenvalue weighted by atomic mass is 10.1. The van der Waals surface area contributed by atoms with Crippen molar-refractivity contribution in [3.8, 4) is 5.88 Å². The van der Waals surface area contributed by atoms with Crippen molar-refractivity contribution in [1.29, 1.82) is 0 Å². The van der Waals surface area contributed by atoms with Gasteiger partial charge in [-0.15, -0.1) is 0 Å². The average molecular weight is 340 g/mol. The van der Waals surface area contributed by atoms with Crippen molar-refractivity contribution in [2.75, 3.05) is 14.2 Å². The smallest absolute Gasteiger partial charge is 0.343 e. The summed E-state index contributed by atoms with van der Waals surface area (Å²) in [6.45, 7) is 0. The van der Waals surface area contributed by atoms with Crippen molar-refractivity contribution in [2.45, 2.75) is 0 Å². The van der Waals surface area contributed by atoms with Crippen LogP contribution < -0.4 is 4.74 Å². The number of nitrogens with zero attached hydrogens (tertiary/aromatic N) is 1. The van der Waals surface area contributed by atoms with Gasteiger partial charge >= 0.3 is 11.9 Å². The number of carboxylic acids is 1. The lowest BCUT2D eigenvalue weighted by Crippen LogP contribution is -2.08. The van der Waals surface area contributed by atoms with Crippen LogP contribution in [0.4, 0.5) is 0 Å². The lowest BCUT2D eigenvalue weighted by Gasteiger charge is -2.10. The molecule has 0 bridgehead atoms. The number of ether oxygens (including phenoxy) is 2. The summed E-state index contributed by atoms with van der Waals surface area (Å²) in [4.78, 5) is 27.1. The van der Waals surface area contributed by atoms with Gasteiger partial charge in [0.05, 0.1) is 19.7 Å². The van der Waals surface area contributed by atoms with Crippen molar-refractivity contribution in [2.24, 2.45) is 0 Å². The van der Waals surface area contributed by atoms with Crippen LogP contribution in [0.2, 0.25) is 0 Å². The van der Waals surface area contributed by atoms with Gasteiger partial charge in [-0.05, 0) is 28.1 Å². The third-order valence-electron chi connectivity index (χ3n) is 2.71. The fourth-order valence-electron chi connectivity index (χ4n) is 1.81. The maximum absolute atomic E-state index is 11.7. The molecule has 1 aromatic heterocycles. The second-order valence-electron chi connectivity index (χ2n) is 3.84. The van der Waals surface area contributed by atoms with Crippen LogP contribution in [0.15, 0.2) is 22.7 Å². The Bertz CT molecular complexity index is 713. The van der Waals surface area contributed by atoms with Crippen LogP contribution in [0.1, 0.15) is 20.7 Å². The second kappa shape index (κ2) is 5.46. The monoisotopic (exact) mass is 339 g/mol. The van der Waals surface area contributed by atoms with Gasteiger partial charge in [-0.3, -0.25) is 0 Å². The van der Waals surface area contributed by atoms with Crippen molar-refractivity contribution in [3.63, 3.8) is 0 Å². The maximum Gasteiger partial charge on any atom is 0.343 e. The largest absolute Gasteiger partial charge is 0.480 e. The van der Waals surface area contributed by atoms with Gasteiger partial charge in [-0.25, -0.2) is 14.6 Å². The molecule has 6 nitrogen and oxygen atoms in total. The quantitative estimate of drug-likeness (QED) is 0.864. The Morgan fingerprint density at radius 3 is 2.55 bits per heavy atom. The Morgan fingerprint density at radius 1 is 1.30 bits per heavy atom. The Labute approximate surface area is 122 Å². The van der Waals surface area contributed by atoms with Gasteiger partial charge < -0.3 is 14.6 Å². The first-order valence-electron chi connectivity index (χ1n) is 5.48. The number of rotatable bonds is 3. The van der Waals surface area contributed by atoms with Gasteiger partial charge in [-0.2, -0.15) is 0 Å². The molecule has 0 saturated carbocycles. The van der Waals surface area contributed by atoms with Crippen LogP contribution in [0, 0.1) is 0 Å². The SMILES string of the molecule is COC(=O)c1cc2ccc(Br)c(C(=O)O)c2nc1OC. The molecule has 0 aliphatic carbocycles. The molecule has 0 saturated heterocycles. The van der Waals surface area contributed by atoms with E-state index in [-0.39, 0.29) is 22.5 Å². The highest BCUT2D eigenvalue weighted by molar-refractivity contribution is 9.10. The number of carboxylic acid groups (broad SMARTS) is 1. The van der Waals surface area contributed by atoms with Crippen molar-refractivity contribution in [3.05, 3.63) is 33.8 Å². The molecule has 1 N–H and O–H groups in total. The summed E-state index contributed by atoms with van der Waals surface area (Å²) < 4.78 is 10.1. The summed E-state index contributed by atoms with van der Waals surface area (Å²) in [6.07, 6.45) is 0. The van der Waals surface area contributed by atoms with Crippen molar-refractivity contribution in [1.82, 2.24) is 4.98 Å². The van der Waals surface area contributed by atoms with E-state index in [1.165, 1.54) is 20.3 Å². The average Bonchev–Trinajstić information content (AvgIpc) is 2.44. The minimum atomic E-state index is -1.12. The number of fused-ring (bicyclic) bond motifs is 1. The van der Waals surface area contributed by atoms with Crippen molar-refractivity contribution < 1.29 is 24.2 Å². The highest BCUT2D eigenvalue weighted by Gasteiger charge is 2.20. The zero-order valence-electron chi connectivity index (χ0n) is 10.6. The van der Waals surface area contributed by atoms with Crippen LogP contribution in [0.5, 0.6) is 5.88 Å². The van der Waals surface area contributed by atoms with Gasteiger partial charge in [0.25, 0.3) is 0 Å². The van der Waals surface area contributed by atoms with E-state index < -0.39 is 11.9 Å². The number of hydrogen-bond acceptors (Lipinski definition) is 5. The van der Waals surface area contributed by atoms with E-state index in [1.807, 2.05) is 0 Å². The Morgan fingerprint density at radius 2 is 2.00 bits per heavy atom. The molecule has 7 heteroatoms. The van der Waals surface area contributed by atoms with Crippen LogP contribution in [-0.2, 0) is 4.74 Å². The zero-order valence-corrected chi connectivity index (χ0v) is 12.2. The molecule has 0 unspecified atom stereocenters. The van der Waals surface area contributed by atoms with Crippen LogP contribution in [-0.4, -0.2) is 36.2 Å². The van der Waals surface area contributed by atoms with Gasteiger partial charge in [0.15, 0.2) is 0 Å². The number of hydrogen-bond donors (Lipinski definition) is 1. The molecule has 2 aromatic rings. The minimum Gasteiger partial charge on any atom is -0.480 e. The van der Waals surface area contributed by atoms with Crippen LogP contribution in [0.3, 0.4) is 0 Å². The summed E-state index contributed by atoms with van der Waals surface area (Å²) >= 11 is 3.17. The molecule has 2 rings (SSSR count). The first kappa shape index (κ1) is 14.3. The molecule has 0 atom stereocenters. The molecule has 0 amide bonds. The van der Waals surface area contributed by atoms with E-state index in [2.05, 4.69) is 25.7 Å². The molecule has 0 spiro atoms. The predicted octanol–water partition coefficient (Wildman–Crippen LogP) is 2.49. The van der Waals surface area contributed by atoms with E-state index in [0.29, 0.717) is 9.86 Å². The number of esters is 1. The van der Waals surface area contributed by atoms with E-state index in [9.17, 15) is 14.7 Å². The van der Waals surface area contributed by atoms with Crippen LogP contribution in [0.25, 0.3) is 10.9 Å². The molecule has 0 fully saturated rings. The number of halogens is 1. The summed E-state index contributed by atoms with van der Waals surface area (Å²) in [5.41, 5.74) is 0.384. The molecule has 1 heterocycles. The third-order valence-corrected chi connectivity index (χ3v) is 3.38. The summed E-state index contributed by atoms with van der Waals surface area (Å²) in [5.74, 6) is -1.70. The second-order valence-corrected chi connectivity index (χ2v) is 4.69. The Kier molecular flexibility index (Phi) is 3.89. The number of aromatic carboxylic acids is 1. The predicted molar refractivity (Wildman–Crippen MR) is 74.3 cm³/mol. The molecule has 1 aromatic carbocycles. The normalized spacial score (nSPS) is 10.3. The number of pyridine rings is 1. The number of benzene rings is 1. The maximum atomic E-state index is 11.7. The van der Waals surface area contributed by atoms with Crippen molar-refractivity contribution >= 4 is 38.8 Å². The first-order chi connectivity index (χ1) is 9.49. The highest BCUT2D eigenvalue weighted by Crippen LogP contribution is 2.29. The van der Waals surface area contributed by atoms with Gasteiger partial charge in [0, 0.05) is 9.86 Å². The molecule has 0 aliphatic heterocycles. The van der Waals surface area contributed by atoms with E-state index in [0.717, 1.165) is 0 Å². The Balaban J connectivity index is 2.83. The zero-order chi connectivity index (χ0) is 14.9. The van der Waals surface area contributed by atoms with E-state index in [4.69, 9.17) is 4.74 Å². The van der Waals surface area contributed by atoms with E-state index in [1.54, 1.807) is 12.1 Å². The first-order valence-corrected chi connectivity index (χ1v) is 6.27. The standard InChI is InChI=1S/C13H10BrNO5/c1-19-11-7(13(18)20-2)5-6-3-4-8(14)9(12(16)17)10(6)15-11/h3-5H,1-2H3,(H,16,17). The highest BCUT2D eigenvalue weighted by atomic mass is 79.9. The topological polar surface area (TPSA) is 85.7 Å². The lowest BCUT2D eigenvalue weighted by molar-refractivity contribution is 0.0596. The van der Waals surface area contributed by atoms with Gasteiger partial charge in [0.2, 0.25) is 5.88 Å². The molecule has 20 heavy (non-hydrogen) atoms. The fraction of sp³-hybridized carbons (Fsp3) is 0.154. The van der Waals surface area contributed by atoms with E-state index >= 15 is 0 Å². The van der Waals surface area contributed by atoms with Gasteiger partial charge in [0.1, 0.15) is 11.1 Å². The van der Waals surface area contributed by atoms with Crippen LogP contribution >= 0.6 is 15.9 Å². The van der Waals surface area contributed by atoms with Gasteiger partial charge in [-0.1, -0.05) is 6.07 Å². The number of aromatic nitrogens is 1. The molecular weight excluding hydrogens is 330 g/mol. The third kappa shape index (κ3) is 2.32. The molecule has 104 valence electrons.